The second-order valence-electron chi connectivity index (χ2n) is 6.56. The van der Waals surface area contributed by atoms with Gasteiger partial charge in [0.05, 0.1) is 22.1 Å². The minimum atomic E-state index is -0.278. The summed E-state index contributed by atoms with van der Waals surface area (Å²) in [6.45, 7) is 0. The number of H-pyrrole nitrogens is 2. The lowest BCUT2D eigenvalue weighted by Crippen LogP contribution is -2.10. The number of benzene rings is 3. The zero-order valence-corrected chi connectivity index (χ0v) is 18.3. The number of nitrogen functional groups attached to an aromatic ring is 1. The van der Waals surface area contributed by atoms with Gasteiger partial charge in [0.1, 0.15) is 23.3 Å². The van der Waals surface area contributed by atoms with Crippen LogP contribution < -0.4 is 5.73 Å². The summed E-state index contributed by atoms with van der Waals surface area (Å²) in [5, 5.41) is 7.57. The maximum atomic E-state index is 13.1. The molecule has 0 atom stereocenters. The van der Waals surface area contributed by atoms with Crippen molar-refractivity contribution in [1.82, 2.24) is 19.9 Å². The molecule has 5 aromatic rings. The predicted molar refractivity (Wildman–Crippen MR) is 129 cm³/mol. The van der Waals surface area contributed by atoms with Gasteiger partial charge in [-0.25, -0.2) is 14.4 Å². The van der Waals surface area contributed by atoms with Crippen LogP contribution in [-0.2, 0) is 0 Å². The maximum absolute atomic E-state index is 13.1. The Bertz CT molecular complexity index is 1360. The first-order valence-corrected chi connectivity index (χ1v) is 8.67. The van der Waals surface area contributed by atoms with Gasteiger partial charge in [-0.05, 0) is 60.7 Å². The summed E-state index contributed by atoms with van der Waals surface area (Å²) in [6.07, 6.45) is 0. The van der Waals surface area contributed by atoms with Crippen molar-refractivity contribution in [1.29, 1.82) is 5.41 Å². The highest BCUT2D eigenvalue weighted by Crippen LogP contribution is 2.26. The van der Waals surface area contributed by atoms with E-state index in [1.165, 1.54) is 12.1 Å². The fourth-order valence-corrected chi connectivity index (χ4v) is 3.22. The van der Waals surface area contributed by atoms with Gasteiger partial charge in [-0.15, -0.1) is 37.2 Å². The Morgan fingerprint density at radius 2 is 1.26 bits per heavy atom. The molecule has 0 bridgehead atoms. The summed E-state index contributed by atoms with van der Waals surface area (Å²) in [4.78, 5) is 15.8. The lowest BCUT2D eigenvalue weighted by atomic mass is 10.2. The topological polar surface area (TPSA) is 107 Å². The van der Waals surface area contributed by atoms with E-state index in [0.717, 1.165) is 39.0 Å². The molecule has 160 valence electrons. The molecule has 5 rings (SSSR count). The summed E-state index contributed by atoms with van der Waals surface area (Å²) < 4.78 is 13.1. The van der Waals surface area contributed by atoms with E-state index in [9.17, 15) is 4.39 Å². The van der Waals surface area contributed by atoms with Gasteiger partial charge in [-0.1, -0.05) is 0 Å². The lowest BCUT2D eigenvalue weighted by Gasteiger charge is -1.97. The van der Waals surface area contributed by atoms with E-state index >= 15 is 0 Å². The van der Waals surface area contributed by atoms with Gasteiger partial charge in [0.15, 0.2) is 0 Å². The quantitative estimate of drug-likeness (QED) is 0.204. The van der Waals surface area contributed by atoms with Crippen LogP contribution in [0.5, 0.6) is 0 Å². The molecule has 6 nitrogen and oxygen atoms in total. The molecule has 0 aliphatic rings. The van der Waals surface area contributed by atoms with Gasteiger partial charge in [-0.2, -0.15) is 0 Å². The number of fused-ring (bicyclic) bond motifs is 2. The predicted octanol–water partition coefficient (Wildman–Crippen LogP) is 5.46. The Kier molecular flexibility index (Phi) is 7.28. The number of nitrogens with one attached hydrogen (secondary N) is 3. The van der Waals surface area contributed by atoms with E-state index in [1.54, 1.807) is 18.2 Å². The highest BCUT2D eigenvalue weighted by atomic mass is 35.5. The monoisotopic (exact) mass is 478 g/mol. The van der Waals surface area contributed by atoms with Crippen LogP contribution >= 0.6 is 37.2 Å². The van der Waals surface area contributed by atoms with Crippen LogP contribution in [-0.4, -0.2) is 25.8 Å². The average molecular weight is 480 g/mol. The van der Waals surface area contributed by atoms with Crippen LogP contribution in [0.15, 0.2) is 60.7 Å². The Morgan fingerprint density at radius 1 is 0.742 bits per heavy atom. The van der Waals surface area contributed by atoms with Crippen molar-refractivity contribution < 1.29 is 4.39 Å². The average Bonchev–Trinajstić information content (AvgIpc) is 3.31. The summed E-state index contributed by atoms with van der Waals surface area (Å²) in [7, 11) is 0. The van der Waals surface area contributed by atoms with Gasteiger partial charge in [-0.3, -0.25) is 5.41 Å². The lowest BCUT2D eigenvalue weighted by molar-refractivity contribution is 0.628. The SMILES string of the molecule is Cl.Cl.Cl.N=C(N)c1ccc2nc(-c3ccc4nc(-c5ccc(F)cc5)[nH]c4c3)[nH]c2c1. The molecule has 5 N–H and O–H groups in total. The van der Waals surface area contributed by atoms with E-state index in [4.69, 9.17) is 11.1 Å². The highest BCUT2D eigenvalue weighted by molar-refractivity contribution is 5.98. The normalized spacial score (nSPS) is 10.2. The molecule has 0 fully saturated rings. The van der Waals surface area contributed by atoms with Gasteiger partial charge < -0.3 is 15.7 Å². The third kappa shape index (κ3) is 4.49. The number of amidine groups is 1. The minimum Gasteiger partial charge on any atom is -0.384 e. The standard InChI is InChI=1S/C21H15FN6.3ClH/c22-14-5-1-11(2-6-14)20-25-16-8-4-13(10-18(16)27-20)21-26-15-7-3-12(19(23)24)9-17(15)28-21;;;/h1-10H,(H3,23,24)(H,25,27)(H,26,28);3*1H. The molecule has 0 amide bonds. The molecule has 0 radical (unpaired) electrons. The number of nitrogens with two attached hydrogens (primary N) is 1. The maximum Gasteiger partial charge on any atom is 0.138 e. The van der Waals surface area contributed by atoms with Gasteiger partial charge in [0.2, 0.25) is 0 Å². The number of imidazole rings is 2. The number of aromatic amines is 2. The number of rotatable bonds is 3. The third-order valence-electron chi connectivity index (χ3n) is 4.67. The number of hydrogen-bond donors (Lipinski definition) is 4. The molecule has 2 aromatic heterocycles. The molecule has 0 saturated carbocycles. The highest BCUT2D eigenvalue weighted by Gasteiger charge is 2.10. The van der Waals surface area contributed by atoms with Gasteiger partial charge in [0.25, 0.3) is 0 Å². The second kappa shape index (κ2) is 9.34. The molecular weight excluding hydrogens is 462 g/mol. The van der Waals surface area contributed by atoms with Crippen LogP contribution in [0.1, 0.15) is 5.56 Å². The minimum absolute atomic E-state index is 0. The molecular formula is C21H18Cl3FN6. The van der Waals surface area contributed by atoms with Crippen LogP contribution in [0.4, 0.5) is 4.39 Å². The van der Waals surface area contributed by atoms with Crippen molar-refractivity contribution in [2.75, 3.05) is 0 Å². The number of nitrogens with zero attached hydrogens (tertiary/aromatic N) is 2. The van der Waals surface area contributed by atoms with Crippen molar-refractivity contribution in [2.24, 2.45) is 5.73 Å². The van der Waals surface area contributed by atoms with E-state index in [0.29, 0.717) is 11.4 Å². The van der Waals surface area contributed by atoms with E-state index in [2.05, 4.69) is 19.9 Å². The summed E-state index contributed by atoms with van der Waals surface area (Å²) >= 11 is 0. The zero-order valence-electron chi connectivity index (χ0n) is 15.8. The molecule has 3 aromatic carbocycles. The van der Waals surface area contributed by atoms with Crippen molar-refractivity contribution in [3.05, 3.63) is 72.0 Å². The molecule has 2 heterocycles. The second-order valence-corrected chi connectivity index (χ2v) is 6.56. The molecule has 0 saturated heterocycles. The number of hydrogen-bond acceptors (Lipinski definition) is 3. The molecule has 0 aliphatic carbocycles. The van der Waals surface area contributed by atoms with E-state index in [1.807, 2.05) is 30.3 Å². The molecule has 0 spiro atoms. The largest absolute Gasteiger partial charge is 0.384 e. The van der Waals surface area contributed by atoms with Crippen LogP contribution in [0.3, 0.4) is 0 Å². The van der Waals surface area contributed by atoms with E-state index < -0.39 is 0 Å². The Balaban J connectivity index is 0.00000114. The first kappa shape index (κ1) is 24.1. The van der Waals surface area contributed by atoms with Crippen LogP contribution in [0.2, 0.25) is 0 Å². The van der Waals surface area contributed by atoms with Crippen molar-refractivity contribution in [3.63, 3.8) is 0 Å². The van der Waals surface area contributed by atoms with Gasteiger partial charge in [0, 0.05) is 16.7 Å². The fourth-order valence-electron chi connectivity index (χ4n) is 3.22. The third-order valence-corrected chi connectivity index (χ3v) is 4.67. The zero-order chi connectivity index (χ0) is 19.3. The van der Waals surface area contributed by atoms with E-state index in [-0.39, 0.29) is 48.9 Å². The first-order chi connectivity index (χ1) is 13.6. The fraction of sp³-hybridized carbons (Fsp3) is 0. The van der Waals surface area contributed by atoms with Crippen LogP contribution in [0, 0.1) is 11.2 Å². The molecule has 10 heteroatoms. The van der Waals surface area contributed by atoms with Crippen LogP contribution in [0.25, 0.3) is 44.8 Å². The van der Waals surface area contributed by atoms with Gasteiger partial charge >= 0.3 is 0 Å². The summed E-state index contributed by atoms with van der Waals surface area (Å²) in [6, 6.07) is 17.5. The first-order valence-electron chi connectivity index (χ1n) is 8.67. The summed E-state index contributed by atoms with van der Waals surface area (Å²) in [5.74, 6) is 1.14. The number of halogens is 4. The van der Waals surface area contributed by atoms with Crippen molar-refractivity contribution in [3.8, 4) is 22.8 Å². The Labute approximate surface area is 195 Å². The summed E-state index contributed by atoms with van der Waals surface area (Å²) in [5.41, 5.74) is 11.2. The van der Waals surface area contributed by atoms with Crippen molar-refractivity contribution >= 4 is 65.1 Å². The number of aromatic nitrogens is 4. The Morgan fingerprint density at radius 3 is 1.87 bits per heavy atom. The molecule has 31 heavy (non-hydrogen) atoms. The molecule has 0 aliphatic heterocycles. The molecule has 0 unspecified atom stereocenters. The Hall–Kier alpha value is -3.13. The smallest absolute Gasteiger partial charge is 0.138 e. The van der Waals surface area contributed by atoms with Crippen molar-refractivity contribution in [2.45, 2.75) is 0 Å².